The minimum atomic E-state index is -0.203. The van der Waals surface area contributed by atoms with Crippen LogP contribution in [0.3, 0.4) is 0 Å². The third-order valence-electron chi connectivity index (χ3n) is 3.18. The number of benzene rings is 1. The molecule has 0 aliphatic carbocycles. The molecule has 0 saturated carbocycles. The first-order valence-corrected chi connectivity index (χ1v) is 7.04. The van der Waals surface area contributed by atoms with Crippen LogP contribution in [-0.4, -0.2) is 22.4 Å². The predicted octanol–water partition coefficient (Wildman–Crippen LogP) is 2.85. The number of rotatable bonds is 4. The maximum Gasteiger partial charge on any atom is 0.279 e. The van der Waals surface area contributed by atoms with Crippen molar-refractivity contribution >= 4 is 17.3 Å². The molecule has 1 amide bonds. The number of hydrogen-bond acceptors (Lipinski definition) is 4. The third-order valence-corrected chi connectivity index (χ3v) is 3.18. The highest BCUT2D eigenvalue weighted by Gasteiger charge is 2.21. The standard InChI is InChI=1S/C16H20N4O/c1-4-20(12-8-6-5-7-9-12)16(21)14-13(17)10-18-15(19-14)11(2)3/h5-11H,4,17H2,1-3H3. The Kier molecular flexibility index (Phi) is 4.52. The Balaban J connectivity index is 2.40. The van der Waals surface area contributed by atoms with Crippen molar-refractivity contribution in [3.8, 4) is 0 Å². The Morgan fingerprint density at radius 1 is 1.29 bits per heavy atom. The van der Waals surface area contributed by atoms with Crippen LogP contribution in [-0.2, 0) is 0 Å². The molecular formula is C16H20N4O. The first kappa shape index (κ1) is 15.0. The number of nitrogens with zero attached hydrogens (tertiary/aromatic N) is 3. The van der Waals surface area contributed by atoms with E-state index in [1.165, 1.54) is 6.20 Å². The number of aromatic nitrogens is 2. The number of nitrogen functional groups attached to an aromatic ring is 1. The summed E-state index contributed by atoms with van der Waals surface area (Å²) in [5.74, 6) is 0.561. The molecule has 2 N–H and O–H groups in total. The normalized spacial score (nSPS) is 10.7. The molecule has 21 heavy (non-hydrogen) atoms. The van der Waals surface area contributed by atoms with Crippen LogP contribution in [0.25, 0.3) is 0 Å². The average molecular weight is 284 g/mol. The maximum absolute atomic E-state index is 12.7. The Morgan fingerprint density at radius 2 is 1.95 bits per heavy atom. The van der Waals surface area contributed by atoms with E-state index in [4.69, 9.17) is 5.73 Å². The molecule has 0 saturated heterocycles. The highest BCUT2D eigenvalue weighted by Crippen LogP contribution is 2.20. The first-order valence-electron chi connectivity index (χ1n) is 7.04. The molecule has 5 nitrogen and oxygen atoms in total. The van der Waals surface area contributed by atoms with Gasteiger partial charge in [0.05, 0.1) is 11.9 Å². The average Bonchev–Trinajstić information content (AvgIpc) is 2.49. The quantitative estimate of drug-likeness (QED) is 0.937. The van der Waals surface area contributed by atoms with Crippen molar-refractivity contribution in [1.29, 1.82) is 0 Å². The number of amides is 1. The second-order valence-corrected chi connectivity index (χ2v) is 5.07. The van der Waals surface area contributed by atoms with Gasteiger partial charge in [-0.05, 0) is 19.1 Å². The van der Waals surface area contributed by atoms with Crippen molar-refractivity contribution in [3.63, 3.8) is 0 Å². The smallest absolute Gasteiger partial charge is 0.279 e. The van der Waals surface area contributed by atoms with Crippen LogP contribution in [0.15, 0.2) is 36.5 Å². The Hall–Kier alpha value is -2.43. The van der Waals surface area contributed by atoms with E-state index >= 15 is 0 Å². The van der Waals surface area contributed by atoms with E-state index in [1.807, 2.05) is 51.1 Å². The summed E-state index contributed by atoms with van der Waals surface area (Å²) in [5, 5.41) is 0. The molecule has 0 spiro atoms. The number of anilines is 2. The zero-order valence-corrected chi connectivity index (χ0v) is 12.6. The van der Waals surface area contributed by atoms with E-state index in [2.05, 4.69) is 9.97 Å². The van der Waals surface area contributed by atoms with Crippen molar-refractivity contribution in [1.82, 2.24) is 9.97 Å². The third kappa shape index (κ3) is 3.18. The topological polar surface area (TPSA) is 72.1 Å². The van der Waals surface area contributed by atoms with Crippen molar-refractivity contribution in [2.24, 2.45) is 0 Å². The molecule has 1 aromatic carbocycles. The van der Waals surface area contributed by atoms with Crippen molar-refractivity contribution in [2.75, 3.05) is 17.2 Å². The fourth-order valence-electron chi connectivity index (χ4n) is 2.03. The lowest BCUT2D eigenvalue weighted by molar-refractivity contribution is 0.0984. The molecule has 2 rings (SSSR count). The van der Waals surface area contributed by atoms with E-state index in [-0.39, 0.29) is 17.5 Å². The van der Waals surface area contributed by atoms with Gasteiger partial charge in [-0.2, -0.15) is 0 Å². The van der Waals surface area contributed by atoms with Gasteiger partial charge in [0, 0.05) is 18.2 Å². The second-order valence-electron chi connectivity index (χ2n) is 5.07. The summed E-state index contributed by atoms with van der Waals surface area (Å²) in [7, 11) is 0. The van der Waals surface area contributed by atoms with E-state index in [9.17, 15) is 4.79 Å². The van der Waals surface area contributed by atoms with E-state index < -0.39 is 0 Å². The molecule has 2 aromatic rings. The number of para-hydroxylation sites is 1. The zero-order valence-electron chi connectivity index (χ0n) is 12.6. The minimum absolute atomic E-state index is 0.143. The van der Waals surface area contributed by atoms with E-state index in [1.54, 1.807) is 4.90 Å². The Bertz CT molecular complexity index is 625. The van der Waals surface area contributed by atoms with Crippen LogP contribution in [0.5, 0.6) is 0 Å². The predicted molar refractivity (Wildman–Crippen MR) is 84.3 cm³/mol. The van der Waals surface area contributed by atoms with Gasteiger partial charge in [0.25, 0.3) is 5.91 Å². The van der Waals surface area contributed by atoms with Gasteiger partial charge in [-0.1, -0.05) is 32.0 Å². The number of hydrogen-bond donors (Lipinski definition) is 1. The Morgan fingerprint density at radius 3 is 2.52 bits per heavy atom. The fourth-order valence-corrected chi connectivity index (χ4v) is 2.03. The number of carbonyl (C=O) groups is 1. The number of nitrogens with two attached hydrogens (primary N) is 1. The summed E-state index contributed by atoms with van der Waals surface area (Å²) < 4.78 is 0. The maximum atomic E-state index is 12.7. The second kappa shape index (κ2) is 6.35. The SMILES string of the molecule is CCN(C(=O)c1nc(C(C)C)ncc1N)c1ccccc1. The van der Waals surface area contributed by atoms with Gasteiger partial charge in [-0.3, -0.25) is 4.79 Å². The van der Waals surface area contributed by atoms with Gasteiger partial charge in [-0.25, -0.2) is 9.97 Å². The molecule has 0 atom stereocenters. The minimum Gasteiger partial charge on any atom is -0.396 e. The lowest BCUT2D eigenvalue weighted by Gasteiger charge is -2.21. The first-order chi connectivity index (χ1) is 10.0. The molecule has 0 aliphatic heterocycles. The molecule has 0 fully saturated rings. The van der Waals surface area contributed by atoms with Gasteiger partial charge in [-0.15, -0.1) is 0 Å². The number of carbonyl (C=O) groups excluding carboxylic acids is 1. The lowest BCUT2D eigenvalue weighted by Crippen LogP contribution is -2.32. The molecule has 0 bridgehead atoms. The van der Waals surface area contributed by atoms with Gasteiger partial charge in [0.1, 0.15) is 5.82 Å². The van der Waals surface area contributed by atoms with Gasteiger partial charge >= 0.3 is 0 Å². The van der Waals surface area contributed by atoms with Crippen molar-refractivity contribution < 1.29 is 4.79 Å². The summed E-state index contributed by atoms with van der Waals surface area (Å²) in [6.45, 7) is 6.43. The molecule has 110 valence electrons. The summed E-state index contributed by atoms with van der Waals surface area (Å²) in [4.78, 5) is 22.9. The lowest BCUT2D eigenvalue weighted by atomic mass is 10.2. The summed E-state index contributed by atoms with van der Waals surface area (Å²) in [5.41, 5.74) is 7.28. The van der Waals surface area contributed by atoms with E-state index in [0.717, 1.165) is 5.69 Å². The van der Waals surface area contributed by atoms with Crippen LogP contribution in [0.4, 0.5) is 11.4 Å². The van der Waals surface area contributed by atoms with Gasteiger partial charge < -0.3 is 10.6 Å². The molecule has 0 radical (unpaired) electrons. The van der Waals surface area contributed by atoms with E-state index in [0.29, 0.717) is 18.1 Å². The van der Waals surface area contributed by atoms with Crippen LogP contribution >= 0.6 is 0 Å². The molecule has 1 heterocycles. The molecular weight excluding hydrogens is 264 g/mol. The summed E-state index contributed by atoms with van der Waals surface area (Å²) in [6, 6.07) is 9.49. The largest absolute Gasteiger partial charge is 0.396 e. The molecule has 1 aromatic heterocycles. The van der Waals surface area contributed by atoms with Crippen molar-refractivity contribution in [3.05, 3.63) is 48.0 Å². The fraction of sp³-hybridized carbons (Fsp3) is 0.312. The van der Waals surface area contributed by atoms with Crippen LogP contribution in [0, 0.1) is 0 Å². The van der Waals surface area contributed by atoms with Crippen molar-refractivity contribution in [2.45, 2.75) is 26.7 Å². The highest BCUT2D eigenvalue weighted by atomic mass is 16.2. The monoisotopic (exact) mass is 284 g/mol. The van der Waals surface area contributed by atoms with Gasteiger partial charge in [0.2, 0.25) is 0 Å². The van der Waals surface area contributed by atoms with Crippen LogP contribution in [0.1, 0.15) is 43.0 Å². The molecule has 5 heteroatoms. The molecule has 0 unspecified atom stereocenters. The highest BCUT2D eigenvalue weighted by molar-refractivity contribution is 6.07. The summed E-state index contributed by atoms with van der Waals surface area (Å²) in [6.07, 6.45) is 1.51. The summed E-state index contributed by atoms with van der Waals surface area (Å²) >= 11 is 0. The van der Waals surface area contributed by atoms with Crippen LogP contribution < -0.4 is 10.6 Å². The molecule has 0 aliphatic rings. The zero-order chi connectivity index (χ0) is 15.4. The van der Waals surface area contributed by atoms with Crippen LogP contribution in [0.2, 0.25) is 0 Å². The Labute approximate surface area is 124 Å². The van der Waals surface area contributed by atoms with Gasteiger partial charge in [0.15, 0.2) is 5.69 Å².